The molecule has 1 aromatic carbocycles. The van der Waals surface area contributed by atoms with E-state index in [4.69, 9.17) is 9.47 Å². The molecule has 1 aliphatic rings. The number of carbonyl (C=O) groups is 1. The van der Waals surface area contributed by atoms with Crippen LogP contribution in [0.3, 0.4) is 0 Å². The molecule has 0 radical (unpaired) electrons. The lowest BCUT2D eigenvalue weighted by Gasteiger charge is -2.24. The first-order valence-electron chi connectivity index (χ1n) is 5.19. The highest BCUT2D eigenvalue weighted by molar-refractivity contribution is 9.10. The lowest BCUT2D eigenvalue weighted by Crippen LogP contribution is -2.22. The van der Waals surface area contributed by atoms with E-state index in [9.17, 15) is 4.79 Å². The molecule has 1 unspecified atom stereocenters. The van der Waals surface area contributed by atoms with E-state index >= 15 is 0 Å². The van der Waals surface area contributed by atoms with Crippen LogP contribution in [0.5, 0.6) is 11.5 Å². The van der Waals surface area contributed by atoms with Gasteiger partial charge >= 0.3 is 0 Å². The molecule has 5 heteroatoms. The molecule has 0 N–H and O–H groups in total. The average Bonchev–Trinajstić information content (AvgIpc) is 2.33. The zero-order valence-corrected chi connectivity index (χ0v) is 12.3. The first kappa shape index (κ1) is 12.8. The summed E-state index contributed by atoms with van der Waals surface area (Å²) in [7, 11) is 3.19. The smallest absolute Gasteiger partial charge is 0.179 e. The van der Waals surface area contributed by atoms with E-state index in [1.54, 1.807) is 26.0 Å². The zero-order valence-electron chi connectivity index (χ0n) is 9.87. The van der Waals surface area contributed by atoms with Crippen molar-refractivity contribution in [1.29, 1.82) is 0 Å². The predicted molar refractivity (Wildman–Crippen MR) is 72.3 cm³/mol. The van der Waals surface area contributed by atoms with E-state index in [2.05, 4.69) is 15.9 Å². The SMILES string of the molecule is COc1cc(Br)c(OC)c2c1CSC(C)C2=O. The highest BCUT2D eigenvalue weighted by Gasteiger charge is 2.31. The van der Waals surface area contributed by atoms with E-state index in [0.717, 1.165) is 21.5 Å². The molecule has 0 saturated heterocycles. The number of Topliss-reactive ketones (excluding diaryl/α,β-unsaturated/α-hetero) is 1. The molecule has 92 valence electrons. The summed E-state index contributed by atoms with van der Waals surface area (Å²) in [4.78, 5) is 12.2. The summed E-state index contributed by atoms with van der Waals surface area (Å²) in [6.45, 7) is 1.92. The van der Waals surface area contributed by atoms with Crippen LogP contribution in [-0.2, 0) is 5.75 Å². The van der Waals surface area contributed by atoms with Crippen LogP contribution in [0, 0.1) is 0 Å². The normalized spacial score (nSPS) is 18.8. The third-order valence-corrected chi connectivity index (χ3v) is 4.58. The van der Waals surface area contributed by atoms with E-state index < -0.39 is 0 Å². The largest absolute Gasteiger partial charge is 0.496 e. The summed E-state index contributed by atoms with van der Waals surface area (Å²) in [5.74, 6) is 2.22. The Balaban J connectivity index is 2.70. The summed E-state index contributed by atoms with van der Waals surface area (Å²) in [5, 5.41) is -0.0320. The predicted octanol–water partition coefficient (Wildman–Crippen LogP) is 3.28. The Bertz CT molecular complexity index is 473. The van der Waals surface area contributed by atoms with Gasteiger partial charge in [-0.15, -0.1) is 11.8 Å². The summed E-state index contributed by atoms with van der Waals surface area (Å²) < 4.78 is 11.4. The van der Waals surface area contributed by atoms with E-state index in [1.807, 2.05) is 13.0 Å². The van der Waals surface area contributed by atoms with E-state index in [0.29, 0.717) is 11.3 Å². The van der Waals surface area contributed by atoms with Crippen molar-refractivity contribution in [3.63, 3.8) is 0 Å². The summed E-state index contributed by atoms with van der Waals surface area (Å²) in [6.07, 6.45) is 0. The third-order valence-electron chi connectivity index (χ3n) is 2.82. The molecule has 1 heterocycles. The quantitative estimate of drug-likeness (QED) is 0.838. The zero-order chi connectivity index (χ0) is 12.6. The van der Waals surface area contributed by atoms with Gasteiger partial charge in [-0.2, -0.15) is 0 Å². The molecule has 0 fully saturated rings. The maximum atomic E-state index is 12.2. The molecule has 0 aliphatic carbocycles. The maximum absolute atomic E-state index is 12.2. The van der Waals surface area contributed by atoms with Crippen LogP contribution in [0.2, 0.25) is 0 Å². The fourth-order valence-electron chi connectivity index (χ4n) is 1.92. The lowest BCUT2D eigenvalue weighted by atomic mass is 10.00. The Kier molecular flexibility index (Phi) is 3.68. The lowest BCUT2D eigenvalue weighted by molar-refractivity contribution is 0.0988. The van der Waals surface area contributed by atoms with Crippen molar-refractivity contribution < 1.29 is 14.3 Å². The van der Waals surface area contributed by atoms with Gasteiger partial charge < -0.3 is 9.47 Å². The topological polar surface area (TPSA) is 35.5 Å². The van der Waals surface area contributed by atoms with Gasteiger partial charge in [0, 0.05) is 11.3 Å². The number of hydrogen-bond acceptors (Lipinski definition) is 4. The van der Waals surface area contributed by atoms with Gasteiger partial charge in [-0.25, -0.2) is 0 Å². The summed E-state index contributed by atoms with van der Waals surface area (Å²) in [5.41, 5.74) is 1.59. The molecule has 0 bridgehead atoms. The fourth-order valence-corrected chi connectivity index (χ4v) is 3.46. The number of methoxy groups -OCH3 is 2. The molecule has 0 amide bonds. The second-order valence-electron chi connectivity index (χ2n) is 3.76. The van der Waals surface area contributed by atoms with Crippen molar-refractivity contribution in [1.82, 2.24) is 0 Å². The molecule has 0 spiro atoms. The monoisotopic (exact) mass is 316 g/mol. The van der Waals surface area contributed by atoms with Crippen molar-refractivity contribution in [2.75, 3.05) is 14.2 Å². The van der Waals surface area contributed by atoms with Crippen LogP contribution >= 0.6 is 27.7 Å². The van der Waals surface area contributed by atoms with Gasteiger partial charge in [-0.1, -0.05) is 0 Å². The molecule has 0 aromatic heterocycles. The van der Waals surface area contributed by atoms with E-state index in [1.165, 1.54) is 0 Å². The molecule has 3 nitrogen and oxygen atoms in total. The second-order valence-corrected chi connectivity index (χ2v) is 5.95. The minimum absolute atomic E-state index is 0.0320. The highest BCUT2D eigenvalue weighted by atomic mass is 79.9. The van der Waals surface area contributed by atoms with Gasteiger partial charge in [0.1, 0.15) is 11.5 Å². The van der Waals surface area contributed by atoms with Crippen molar-refractivity contribution in [2.24, 2.45) is 0 Å². The molecule has 1 atom stereocenters. The molecular weight excluding hydrogens is 304 g/mol. The third kappa shape index (κ3) is 2.06. The Morgan fingerprint density at radius 2 is 2.12 bits per heavy atom. The first-order valence-corrected chi connectivity index (χ1v) is 7.03. The Labute approximate surface area is 113 Å². The van der Waals surface area contributed by atoms with Crippen LogP contribution in [0.25, 0.3) is 0 Å². The number of ether oxygens (including phenoxy) is 2. The number of fused-ring (bicyclic) bond motifs is 1. The minimum Gasteiger partial charge on any atom is -0.496 e. The molecule has 17 heavy (non-hydrogen) atoms. The van der Waals surface area contributed by atoms with Gasteiger partial charge in [0.05, 0.1) is 29.5 Å². The van der Waals surface area contributed by atoms with Gasteiger partial charge in [0.25, 0.3) is 0 Å². The average molecular weight is 317 g/mol. The van der Waals surface area contributed by atoms with Crippen molar-refractivity contribution in [3.8, 4) is 11.5 Å². The summed E-state index contributed by atoms with van der Waals surface area (Å²) in [6, 6.07) is 1.85. The van der Waals surface area contributed by atoms with Crippen molar-refractivity contribution in [3.05, 3.63) is 21.7 Å². The van der Waals surface area contributed by atoms with Crippen LogP contribution in [0.4, 0.5) is 0 Å². The number of hydrogen-bond donors (Lipinski definition) is 0. The van der Waals surface area contributed by atoms with Gasteiger partial charge in [-0.3, -0.25) is 4.79 Å². The van der Waals surface area contributed by atoms with Crippen molar-refractivity contribution in [2.45, 2.75) is 17.9 Å². The number of halogens is 1. The number of benzene rings is 1. The molecule has 1 aliphatic heterocycles. The van der Waals surface area contributed by atoms with Gasteiger partial charge in [0.15, 0.2) is 5.78 Å². The number of carbonyl (C=O) groups excluding carboxylic acids is 1. The highest BCUT2D eigenvalue weighted by Crippen LogP contribution is 2.44. The minimum atomic E-state index is -0.0320. The van der Waals surface area contributed by atoms with E-state index in [-0.39, 0.29) is 11.0 Å². The number of ketones is 1. The Morgan fingerprint density at radius 3 is 2.71 bits per heavy atom. The standard InChI is InChI=1S/C12H13BrO3S/c1-6-11(14)10-7(5-17-6)9(15-2)4-8(13)12(10)16-3/h4,6H,5H2,1-3H3. The Morgan fingerprint density at radius 1 is 1.41 bits per heavy atom. The van der Waals surface area contributed by atoms with Gasteiger partial charge in [-0.05, 0) is 28.9 Å². The molecule has 1 aromatic rings. The summed E-state index contributed by atoms with van der Waals surface area (Å²) >= 11 is 5.03. The number of rotatable bonds is 2. The molecule has 2 rings (SSSR count). The number of thioether (sulfide) groups is 1. The van der Waals surface area contributed by atoms with Crippen molar-refractivity contribution >= 4 is 33.5 Å². The Hall–Kier alpha value is -0.680. The fraction of sp³-hybridized carbons (Fsp3) is 0.417. The molecular formula is C12H13BrO3S. The van der Waals surface area contributed by atoms with Crippen LogP contribution in [-0.4, -0.2) is 25.3 Å². The second kappa shape index (κ2) is 4.90. The van der Waals surface area contributed by atoms with Crippen LogP contribution in [0.15, 0.2) is 10.5 Å². The van der Waals surface area contributed by atoms with Crippen LogP contribution < -0.4 is 9.47 Å². The maximum Gasteiger partial charge on any atom is 0.179 e. The molecule has 0 saturated carbocycles. The first-order chi connectivity index (χ1) is 8.10. The van der Waals surface area contributed by atoms with Gasteiger partial charge in [0.2, 0.25) is 0 Å². The van der Waals surface area contributed by atoms with Crippen LogP contribution in [0.1, 0.15) is 22.8 Å².